The Kier molecular flexibility index (Phi) is 4.66. The van der Waals surface area contributed by atoms with Crippen LogP contribution in [0.1, 0.15) is 33.1 Å². The molecule has 0 radical (unpaired) electrons. The van der Waals surface area contributed by atoms with Gasteiger partial charge in [-0.2, -0.15) is 4.98 Å². The zero-order valence-electron chi connectivity index (χ0n) is 15.0. The fourth-order valence-electron chi connectivity index (χ4n) is 2.46. The number of aryl methyl sites for hydroxylation is 4. The predicted octanol–water partition coefficient (Wildman–Crippen LogP) is 2.15. The van der Waals surface area contributed by atoms with Crippen LogP contribution in [0.25, 0.3) is 5.78 Å². The van der Waals surface area contributed by atoms with E-state index in [9.17, 15) is 9.59 Å². The van der Waals surface area contributed by atoms with Gasteiger partial charge in [0.2, 0.25) is 0 Å². The average molecular weight is 353 g/mol. The summed E-state index contributed by atoms with van der Waals surface area (Å²) in [6, 6.07) is 7.39. The fraction of sp³-hybridized carbons (Fsp3) is 0.278. The molecule has 0 saturated carbocycles. The van der Waals surface area contributed by atoms with Crippen LogP contribution in [-0.4, -0.2) is 38.1 Å². The molecule has 3 aromatic rings. The van der Waals surface area contributed by atoms with E-state index in [2.05, 4.69) is 20.4 Å². The van der Waals surface area contributed by atoms with Gasteiger partial charge in [-0.25, -0.2) is 14.3 Å². The Morgan fingerprint density at radius 1 is 1.08 bits per heavy atom. The maximum absolute atomic E-state index is 12.1. The molecule has 8 heteroatoms. The summed E-state index contributed by atoms with van der Waals surface area (Å²) in [7, 11) is 0. The Labute approximate surface area is 150 Å². The molecular weight excluding hydrogens is 334 g/mol. The first-order chi connectivity index (χ1) is 12.3. The highest BCUT2D eigenvalue weighted by Gasteiger charge is 2.17. The van der Waals surface area contributed by atoms with Crippen molar-refractivity contribution in [3.8, 4) is 0 Å². The standard InChI is InChI=1S/C18H19N5O3/c1-10-5-6-14(7-11(10)2)20-15(24)9-26-17(25)16-21-18-19-12(3)8-13(4)23(18)22-16/h5-8H,9H2,1-4H3,(H,20,24). The van der Waals surface area contributed by atoms with E-state index in [0.29, 0.717) is 11.5 Å². The number of anilines is 1. The van der Waals surface area contributed by atoms with Crippen molar-refractivity contribution in [1.82, 2.24) is 19.6 Å². The van der Waals surface area contributed by atoms with Crippen LogP contribution >= 0.6 is 0 Å². The van der Waals surface area contributed by atoms with Crippen molar-refractivity contribution < 1.29 is 14.3 Å². The van der Waals surface area contributed by atoms with Crippen molar-refractivity contribution in [3.63, 3.8) is 0 Å². The molecular formula is C18H19N5O3. The first-order valence-electron chi connectivity index (χ1n) is 8.09. The molecule has 1 aromatic carbocycles. The number of nitrogens with zero attached hydrogens (tertiary/aromatic N) is 4. The SMILES string of the molecule is Cc1cc(C)n2nc(C(=O)OCC(=O)Nc3ccc(C)c(C)c3)nc2n1. The molecule has 0 fully saturated rings. The highest BCUT2D eigenvalue weighted by Crippen LogP contribution is 2.14. The third-order valence-corrected chi connectivity index (χ3v) is 3.93. The van der Waals surface area contributed by atoms with Crippen LogP contribution in [0, 0.1) is 27.7 Å². The van der Waals surface area contributed by atoms with Gasteiger partial charge in [0.05, 0.1) is 0 Å². The highest BCUT2D eigenvalue weighted by atomic mass is 16.5. The van der Waals surface area contributed by atoms with Gasteiger partial charge in [-0.05, 0) is 57.0 Å². The van der Waals surface area contributed by atoms with Gasteiger partial charge in [-0.3, -0.25) is 4.79 Å². The average Bonchev–Trinajstić information content (AvgIpc) is 3.00. The van der Waals surface area contributed by atoms with Gasteiger partial charge in [-0.1, -0.05) is 6.07 Å². The molecule has 134 valence electrons. The monoisotopic (exact) mass is 353 g/mol. The lowest BCUT2D eigenvalue weighted by Gasteiger charge is -2.07. The number of aromatic nitrogens is 4. The Hall–Kier alpha value is -3.29. The number of hydrogen-bond acceptors (Lipinski definition) is 6. The molecule has 0 atom stereocenters. The molecule has 26 heavy (non-hydrogen) atoms. The van der Waals surface area contributed by atoms with E-state index >= 15 is 0 Å². The smallest absolute Gasteiger partial charge is 0.378 e. The second kappa shape index (κ2) is 6.91. The lowest BCUT2D eigenvalue weighted by Crippen LogP contribution is -2.21. The second-order valence-corrected chi connectivity index (χ2v) is 6.11. The van der Waals surface area contributed by atoms with Crippen LogP contribution in [0.2, 0.25) is 0 Å². The summed E-state index contributed by atoms with van der Waals surface area (Å²) in [6.07, 6.45) is 0. The summed E-state index contributed by atoms with van der Waals surface area (Å²) in [6.45, 7) is 7.19. The molecule has 0 saturated heterocycles. The molecule has 0 bridgehead atoms. The zero-order chi connectivity index (χ0) is 18.8. The molecule has 0 spiro atoms. The molecule has 0 aliphatic rings. The van der Waals surface area contributed by atoms with Gasteiger partial charge in [0.25, 0.3) is 17.5 Å². The van der Waals surface area contributed by atoms with Gasteiger partial charge in [-0.15, -0.1) is 5.10 Å². The summed E-state index contributed by atoms with van der Waals surface area (Å²) in [5, 5.41) is 6.76. The van der Waals surface area contributed by atoms with Gasteiger partial charge >= 0.3 is 5.97 Å². The van der Waals surface area contributed by atoms with Crippen molar-refractivity contribution >= 4 is 23.3 Å². The van der Waals surface area contributed by atoms with E-state index in [-0.39, 0.29) is 5.82 Å². The second-order valence-electron chi connectivity index (χ2n) is 6.11. The molecule has 3 rings (SSSR count). The molecule has 2 heterocycles. The molecule has 0 unspecified atom stereocenters. The van der Waals surface area contributed by atoms with E-state index < -0.39 is 18.5 Å². The lowest BCUT2D eigenvalue weighted by atomic mass is 10.1. The number of carbonyl (C=O) groups is 2. The number of hydrogen-bond donors (Lipinski definition) is 1. The first-order valence-corrected chi connectivity index (χ1v) is 8.09. The summed E-state index contributed by atoms with van der Waals surface area (Å²) >= 11 is 0. The van der Waals surface area contributed by atoms with Gasteiger partial charge < -0.3 is 10.1 Å². The summed E-state index contributed by atoms with van der Waals surface area (Å²) in [5.41, 5.74) is 4.41. The van der Waals surface area contributed by atoms with Crippen LogP contribution in [0.5, 0.6) is 0 Å². The lowest BCUT2D eigenvalue weighted by molar-refractivity contribution is -0.119. The summed E-state index contributed by atoms with van der Waals surface area (Å²) in [5.74, 6) is -1.03. The molecule has 2 aromatic heterocycles. The first kappa shape index (κ1) is 17.5. The molecule has 0 aliphatic heterocycles. The van der Waals surface area contributed by atoms with Gasteiger partial charge in [0.15, 0.2) is 6.61 Å². The van der Waals surface area contributed by atoms with Crippen molar-refractivity contribution in [2.45, 2.75) is 27.7 Å². The van der Waals surface area contributed by atoms with Crippen molar-refractivity contribution in [3.05, 3.63) is 52.6 Å². The van der Waals surface area contributed by atoms with E-state index in [0.717, 1.165) is 22.5 Å². The molecule has 0 aliphatic carbocycles. The number of nitrogens with one attached hydrogen (secondary N) is 1. The van der Waals surface area contributed by atoms with Crippen LogP contribution in [0.15, 0.2) is 24.3 Å². The summed E-state index contributed by atoms with van der Waals surface area (Å²) < 4.78 is 6.46. The zero-order valence-corrected chi connectivity index (χ0v) is 15.0. The molecule has 1 amide bonds. The highest BCUT2D eigenvalue weighted by molar-refractivity contribution is 5.94. The van der Waals surface area contributed by atoms with E-state index in [4.69, 9.17) is 4.74 Å². The number of carbonyl (C=O) groups excluding carboxylic acids is 2. The van der Waals surface area contributed by atoms with E-state index in [1.165, 1.54) is 4.52 Å². The van der Waals surface area contributed by atoms with Crippen LogP contribution in [0.3, 0.4) is 0 Å². The van der Waals surface area contributed by atoms with E-state index in [1.807, 2.05) is 45.9 Å². The number of rotatable bonds is 4. The largest absolute Gasteiger partial charge is 0.450 e. The number of esters is 1. The Bertz CT molecular complexity index is 1010. The summed E-state index contributed by atoms with van der Waals surface area (Å²) in [4.78, 5) is 32.3. The molecule has 8 nitrogen and oxygen atoms in total. The van der Waals surface area contributed by atoms with Crippen LogP contribution < -0.4 is 5.32 Å². The Balaban J connectivity index is 1.64. The fourth-order valence-corrected chi connectivity index (χ4v) is 2.46. The minimum Gasteiger partial charge on any atom is -0.450 e. The number of fused-ring (bicyclic) bond motifs is 1. The molecule has 1 N–H and O–H groups in total. The van der Waals surface area contributed by atoms with E-state index in [1.54, 1.807) is 6.07 Å². The topological polar surface area (TPSA) is 98.5 Å². The Morgan fingerprint density at radius 2 is 1.85 bits per heavy atom. The van der Waals surface area contributed by atoms with Crippen molar-refractivity contribution in [1.29, 1.82) is 0 Å². The van der Waals surface area contributed by atoms with Crippen molar-refractivity contribution in [2.75, 3.05) is 11.9 Å². The van der Waals surface area contributed by atoms with Crippen molar-refractivity contribution in [2.24, 2.45) is 0 Å². The van der Waals surface area contributed by atoms with Gasteiger partial charge in [0.1, 0.15) is 0 Å². The third kappa shape index (κ3) is 3.69. The number of amides is 1. The minimum absolute atomic E-state index is 0.134. The Morgan fingerprint density at radius 3 is 2.58 bits per heavy atom. The normalized spacial score (nSPS) is 10.8. The quantitative estimate of drug-likeness (QED) is 0.722. The van der Waals surface area contributed by atoms with Crippen LogP contribution in [-0.2, 0) is 9.53 Å². The maximum Gasteiger partial charge on any atom is 0.378 e. The maximum atomic E-state index is 12.1. The predicted molar refractivity (Wildman–Crippen MR) is 95.1 cm³/mol. The third-order valence-electron chi connectivity index (χ3n) is 3.93. The van der Waals surface area contributed by atoms with Crippen LogP contribution in [0.4, 0.5) is 5.69 Å². The number of benzene rings is 1. The minimum atomic E-state index is -0.775. The van der Waals surface area contributed by atoms with Gasteiger partial charge in [0, 0.05) is 17.1 Å². The number of ether oxygens (including phenoxy) is 1.